The number of nitrogens with one attached hydrogen (secondary N) is 1. The Morgan fingerprint density at radius 2 is 1.88 bits per heavy atom. The lowest BCUT2D eigenvalue weighted by molar-refractivity contribution is 0.122. The number of hydrogen-bond donors (Lipinski definition) is 1. The zero-order valence-corrected chi connectivity index (χ0v) is 14.3. The van der Waals surface area contributed by atoms with Crippen LogP contribution in [0, 0.1) is 23.7 Å². The average Bonchev–Trinajstić information content (AvgIpc) is 3.36. The summed E-state index contributed by atoms with van der Waals surface area (Å²) in [5.41, 5.74) is 0.799. The Bertz CT molecular complexity index is 680. The van der Waals surface area contributed by atoms with Crippen molar-refractivity contribution in [3.8, 4) is 0 Å². The van der Waals surface area contributed by atoms with Gasteiger partial charge in [-0.25, -0.2) is 9.78 Å². The van der Waals surface area contributed by atoms with E-state index in [1.165, 1.54) is 6.42 Å². The molecule has 2 aliphatic carbocycles. The highest BCUT2D eigenvalue weighted by Gasteiger charge is 2.50. The van der Waals surface area contributed by atoms with Crippen LogP contribution in [0.4, 0.5) is 16.3 Å². The summed E-state index contributed by atoms with van der Waals surface area (Å²) >= 11 is 0. The molecule has 1 aromatic rings. The maximum Gasteiger partial charge on any atom is 0.321 e. The molecule has 2 amide bonds. The Hall–Kier alpha value is -2.08. The van der Waals surface area contributed by atoms with E-state index in [0.29, 0.717) is 36.9 Å². The number of carbonyl (C=O) groups excluding carboxylic acids is 1. The van der Waals surface area contributed by atoms with Crippen molar-refractivity contribution in [2.45, 2.75) is 6.42 Å². The van der Waals surface area contributed by atoms with Crippen LogP contribution in [0.1, 0.15) is 6.42 Å². The first-order valence-corrected chi connectivity index (χ1v) is 9.31. The first kappa shape index (κ1) is 15.2. The second kappa shape index (κ2) is 6.02. The van der Waals surface area contributed by atoms with Gasteiger partial charge in [-0.3, -0.25) is 0 Å². The van der Waals surface area contributed by atoms with Crippen molar-refractivity contribution in [1.29, 1.82) is 0 Å². The van der Waals surface area contributed by atoms with E-state index in [9.17, 15) is 4.79 Å². The Balaban J connectivity index is 1.29. The summed E-state index contributed by atoms with van der Waals surface area (Å²) < 4.78 is 5.42. The third-order valence-corrected chi connectivity index (χ3v) is 6.29. The standard InChI is InChI=1S/C19H24N4O2/c24-19(23-11-15-13-3-4-14(10-13)16(15)12-23)21-17-2-1-5-20-18(17)22-6-8-25-9-7-22/h1-5,13-16H,6-12H2,(H,21,24)/t13?,14?,15-,16+. The summed E-state index contributed by atoms with van der Waals surface area (Å²) in [5.74, 6) is 3.55. The van der Waals surface area contributed by atoms with Gasteiger partial charge in [-0.1, -0.05) is 12.2 Å². The summed E-state index contributed by atoms with van der Waals surface area (Å²) in [4.78, 5) is 21.5. The number of likely N-dealkylation sites (tertiary alicyclic amines) is 1. The number of nitrogens with zero attached hydrogens (tertiary/aromatic N) is 3. The van der Waals surface area contributed by atoms with Crippen LogP contribution in [0.3, 0.4) is 0 Å². The molecule has 3 fully saturated rings. The van der Waals surface area contributed by atoms with Crippen LogP contribution in [0.2, 0.25) is 0 Å². The lowest BCUT2D eigenvalue weighted by Crippen LogP contribution is -2.38. The van der Waals surface area contributed by atoms with Crippen LogP contribution in [0.5, 0.6) is 0 Å². The highest BCUT2D eigenvalue weighted by atomic mass is 16.5. The van der Waals surface area contributed by atoms with E-state index in [0.717, 1.165) is 37.7 Å². The molecule has 1 saturated carbocycles. The van der Waals surface area contributed by atoms with Crippen LogP contribution in [-0.2, 0) is 4.74 Å². The number of urea groups is 1. The molecular formula is C19H24N4O2. The summed E-state index contributed by atoms with van der Waals surface area (Å²) in [6.07, 6.45) is 7.81. The number of hydrogen-bond acceptors (Lipinski definition) is 4. The Labute approximate surface area is 147 Å². The van der Waals surface area contributed by atoms with E-state index in [-0.39, 0.29) is 6.03 Å². The van der Waals surface area contributed by atoms with E-state index in [4.69, 9.17) is 4.74 Å². The average molecular weight is 340 g/mol. The first-order valence-electron chi connectivity index (χ1n) is 9.31. The second-order valence-electron chi connectivity index (χ2n) is 7.59. The van der Waals surface area contributed by atoms with Crippen molar-refractivity contribution >= 4 is 17.5 Å². The first-order chi connectivity index (χ1) is 12.3. The zero-order valence-electron chi connectivity index (χ0n) is 14.3. The summed E-state index contributed by atoms with van der Waals surface area (Å²) in [6.45, 7) is 4.79. The fourth-order valence-corrected chi connectivity index (χ4v) is 5.03. The van der Waals surface area contributed by atoms with Crippen LogP contribution < -0.4 is 10.2 Å². The van der Waals surface area contributed by atoms with Crippen molar-refractivity contribution < 1.29 is 9.53 Å². The van der Waals surface area contributed by atoms with E-state index in [1.54, 1.807) is 6.20 Å². The highest BCUT2D eigenvalue weighted by Crippen LogP contribution is 2.51. The van der Waals surface area contributed by atoms with Gasteiger partial charge < -0.3 is 19.9 Å². The molecule has 0 radical (unpaired) electrons. The Kier molecular flexibility index (Phi) is 3.66. The molecule has 1 N–H and O–H groups in total. The van der Waals surface area contributed by atoms with Gasteiger partial charge in [-0.2, -0.15) is 0 Å². The molecule has 4 aliphatic rings. The molecular weight excluding hydrogens is 316 g/mol. The molecule has 2 aliphatic heterocycles. The molecule has 3 heterocycles. The van der Waals surface area contributed by atoms with Gasteiger partial charge in [0.2, 0.25) is 0 Å². The molecule has 2 bridgehead atoms. The number of fused-ring (bicyclic) bond motifs is 5. The molecule has 132 valence electrons. The predicted octanol–water partition coefficient (Wildman–Crippen LogP) is 2.20. The topological polar surface area (TPSA) is 57.7 Å². The van der Waals surface area contributed by atoms with Crippen molar-refractivity contribution in [1.82, 2.24) is 9.88 Å². The molecule has 0 spiro atoms. The second-order valence-corrected chi connectivity index (χ2v) is 7.59. The van der Waals surface area contributed by atoms with Crippen LogP contribution in [0.15, 0.2) is 30.5 Å². The SMILES string of the molecule is O=C(Nc1cccnc1N1CCOCC1)N1C[C@@H]2C3C=CC(C3)[C@@H]2C1. The molecule has 1 aromatic heterocycles. The van der Waals surface area contributed by atoms with Crippen molar-refractivity contribution in [3.05, 3.63) is 30.5 Å². The molecule has 0 aromatic carbocycles. The number of anilines is 2. The van der Waals surface area contributed by atoms with Gasteiger partial charge in [0.25, 0.3) is 0 Å². The third-order valence-electron chi connectivity index (χ3n) is 6.29. The van der Waals surface area contributed by atoms with E-state index in [1.807, 2.05) is 17.0 Å². The minimum atomic E-state index is 0.0105. The van der Waals surface area contributed by atoms with Crippen LogP contribution in [0.25, 0.3) is 0 Å². The fraction of sp³-hybridized carbons (Fsp3) is 0.579. The van der Waals surface area contributed by atoms with Crippen LogP contribution >= 0.6 is 0 Å². The Morgan fingerprint density at radius 1 is 1.16 bits per heavy atom. The van der Waals surface area contributed by atoms with Gasteiger partial charge in [0.1, 0.15) is 0 Å². The third kappa shape index (κ3) is 2.59. The maximum absolute atomic E-state index is 12.8. The number of aromatic nitrogens is 1. The number of allylic oxidation sites excluding steroid dienone is 2. The van der Waals surface area contributed by atoms with Gasteiger partial charge in [0, 0.05) is 32.4 Å². The normalized spacial score (nSPS) is 33.0. The lowest BCUT2D eigenvalue weighted by Gasteiger charge is -2.29. The molecule has 2 saturated heterocycles. The minimum absolute atomic E-state index is 0.0105. The Morgan fingerprint density at radius 3 is 2.60 bits per heavy atom. The van der Waals surface area contributed by atoms with Gasteiger partial charge in [0.05, 0.1) is 18.9 Å². The predicted molar refractivity (Wildman–Crippen MR) is 95.6 cm³/mol. The number of rotatable bonds is 2. The van der Waals surface area contributed by atoms with Crippen molar-refractivity contribution in [2.24, 2.45) is 23.7 Å². The fourth-order valence-electron chi connectivity index (χ4n) is 5.03. The highest BCUT2D eigenvalue weighted by molar-refractivity contribution is 5.92. The zero-order chi connectivity index (χ0) is 16.8. The van der Waals surface area contributed by atoms with E-state index >= 15 is 0 Å². The molecule has 5 rings (SSSR count). The molecule has 6 heteroatoms. The van der Waals surface area contributed by atoms with E-state index in [2.05, 4.69) is 27.4 Å². The molecule has 25 heavy (non-hydrogen) atoms. The molecule has 6 nitrogen and oxygen atoms in total. The number of morpholine rings is 1. The number of amides is 2. The molecule has 4 atom stereocenters. The summed E-state index contributed by atoms with van der Waals surface area (Å²) in [7, 11) is 0. The van der Waals surface area contributed by atoms with Gasteiger partial charge in [-0.05, 0) is 42.2 Å². The monoisotopic (exact) mass is 340 g/mol. The van der Waals surface area contributed by atoms with Gasteiger partial charge in [0.15, 0.2) is 5.82 Å². The van der Waals surface area contributed by atoms with Gasteiger partial charge in [-0.15, -0.1) is 0 Å². The number of ether oxygens (including phenoxy) is 1. The van der Waals surface area contributed by atoms with Crippen molar-refractivity contribution in [2.75, 3.05) is 49.6 Å². The van der Waals surface area contributed by atoms with Gasteiger partial charge >= 0.3 is 6.03 Å². The maximum atomic E-state index is 12.8. The number of carbonyl (C=O) groups is 1. The minimum Gasteiger partial charge on any atom is -0.378 e. The smallest absolute Gasteiger partial charge is 0.321 e. The van der Waals surface area contributed by atoms with E-state index < -0.39 is 0 Å². The number of pyridine rings is 1. The summed E-state index contributed by atoms with van der Waals surface area (Å²) in [5, 5.41) is 3.11. The van der Waals surface area contributed by atoms with Crippen LogP contribution in [-0.4, -0.2) is 55.3 Å². The molecule has 2 unspecified atom stereocenters. The summed E-state index contributed by atoms with van der Waals surface area (Å²) in [6, 6.07) is 3.83. The largest absolute Gasteiger partial charge is 0.378 e. The lowest BCUT2D eigenvalue weighted by atomic mass is 9.86. The quantitative estimate of drug-likeness (QED) is 0.839. The van der Waals surface area contributed by atoms with Crippen molar-refractivity contribution in [3.63, 3.8) is 0 Å².